The molecule has 2 heterocycles. The SMILES string of the molecule is CCOC(=O)C1=Nc2ccc(Cl)nc2SC1C(C)=O. The fraction of sp³-hybridized carbons (Fsp3) is 0.333. The molecule has 2 rings (SSSR count). The van der Waals surface area contributed by atoms with E-state index in [4.69, 9.17) is 16.3 Å². The van der Waals surface area contributed by atoms with Crippen molar-refractivity contribution in [1.29, 1.82) is 0 Å². The molecule has 1 aliphatic heterocycles. The van der Waals surface area contributed by atoms with Crippen LogP contribution in [0.25, 0.3) is 0 Å². The molecule has 0 saturated carbocycles. The fourth-order valence-corrected chi connectivity index (χ4v) is 2.80. The molecule has 0 aromatic carbocycles. The average molecular weight is 299 g/mol. The zero-order valence-electron chi connectivity index (χ0n) is 10.3. The summed E-state index contributed by atoms with van der Waals surface area (Å²) in [6.45, 7) is 3.34. The predicted molar refractivity (Wildman–Crippen MR) is 73.3 cm³/mol. The van der Waals surface area contributed by atoms with Crippen molar-refractivity contribution < 1.29 is 14.3 Å². The van der Waals surface area contributed by atoms with E-state index in [1.54, 1.807) is 19.1 Å². The normalized spacial score (nSPS) is 17.4. The molecule has 0 N–H and O–H groups in total. The average Bonchev–Trinajstić information content (AvgIpc) is 2.37. The maximum absolute atomic E-state index is 11.8. The van der Waals surface area contributed by atoms with Crippen LogP contribution in [0.3, 0.4) is 0 Å². The van der Waals surface area contributed by atoms with Crippen LogP contribution in [0.4, 0.5) is 5.69 Å². The summed E-state index contributed by atoms with van der Waals surface area (Å²) in [6, 6.07) is 3.24. The van der Waals surface area contributed by atoms with Crippen LogP contribution in [0.1, 0.15) is 13.8 Å². The van der Waals surface area contributed by atoms with Gasteiger partial charge in [0.25, 0.3) is 0 Å². The van der Waals surface area contributed by atoms with E-state index in [1.165, 1.54) is 6.92 Å². The van der Waals surface area contributed by atoms with Crippen molar-refractivity contribution in [2.24, 2.45) is 4.99 Å². The fourth-order valence-electron chi connectivity index (χ4n) is 1.57. The van der Waals surface area contributed by atoms with E-state index in [0.717, 1.165) is 11.8 Å². The predicted octanol–water partition coefficient (Wildman–Crippen LogP) is 2.43. The number of esters is 1. The Balaban J connectivity index is 2.45. The third kappa shape index (κ3) is 2.96. The molecule has 0 saturated heterocycles. The van der Waals surface area contributed by atoms with Gasteiger partial charge < -0.3 is 4.74 Å². The molecule has 1 aromatic rings. The van der Waals surface area contributed by atoms with Gasteiger partial charge in [-0.05, 0) is 26.0 Å². The number of carbonyl (C=O) groups is 2. The van der Waals surface area contributed by atoms with Crippen molar-refractivity contribution in [3.05, 3.63) is 17.3 Å². The monoisotopic (exact) mass is 298 g/mol. The summed E-state index contributed by atoms with van der Waals surface area (Å²) in [5, 5.41) is 0.168. The molecule has 0 amide bonds. The van der Waals surface area contributed by atoms with Gasteiger partial charge in [-0.3, -0.25) is 4.79 Å². The van der Waals surface area contributed by atoms with Gasteiger partial charge >= 0.3 is 5.97 Å². The molecular formula is C12H11ClN2O3S. The van der Waals surface area contributed by atoms with Crippen LogP contribution in [0.2, 0.25) is 5.15 Å². The summed E-state index contributed by atoms with van der Waals surface area (Å²) in [4.78, 5) is 31.8. The van der Waals surface area contributed by atoms with E-state index in [9.17, 15) is 9.59 Å². The first-order valence-electron chi connectivity index (χ1n) is 5.62. The van der Waals surface area contributed by atoms with Gasteiger partial charge in [0.1, 0.15) is 26.9 Å². The number of halogens is 1. The second-order valence-corrected chi connectivity index (χ2v) is 5.27. The van der Waals surface area contributed by atoms with Crippen molar-refractivity contribution in [3.8, 4) is 0 Å². The van der Waals surface area contributed by atoms with Crippen molar-refractivity contribution in [3.63, 3.8) is 0 Å². The van der Waals surface area contributed by atoms with Gasteiger partial charge in [-0.25, -0.2) is 14.8 Å². The van der Waals surface area contributed by atoms with Crippen LogP contribution < -0.4 is 0 Å². The first-order valence-corrected chi connectivity index (χ1v) is 6.88. The topological polar surface area (TPSA) is 68.6 Å². The third-order valence-electron chi connectivity index (χ3n) is 2.38. The number of hydrogen-bond donors (Lipinski definition) is 0. The quantitative estimate of drug-likeness (QED) is 0.633. The summed E-state index contributed by atoms with van der Waals surface area (Å²) in [5.74, 6) is -0.750. The number of aromatic nitrogens is 1. The molecule has 1 aliphatic rings. The van der Waals surface area contributed by atoms with E-state index in [-0.39, 0.29) is 18.1 Å². The minimum atomic E-state index is -0.697. The first-order chi connectivity index (χ1) is 9.02. The number of pyridine rings is 1. The van der Waals surface area contributed by atoms with Crippen LogP contribution in [0.15, 0.2) is 22.2 Å². The molecule has 1 unspecified atom stereocenters. The second kappa shape index (κ2) is 5.71. The highest BCUT2D eigenvalue weighted by Gasteiger charge is 2.33. The number of aliphatic imine (C=N–C) groups is 1. The van der Waals surface area contributed by atoms with E-state index in [0.29, 0.717) is 15.9 Å². The van der Waals surface area contributed by atoms with Crippen molar-refractivity contribution >= 4 is 46.5 Å². The third-order valence-corrected chi connectivity index (χ3v) is 3.90. The molecule has 0 spiro atoms. The number of hydrogen-bond acceptors (Lipinski definition) is 6. The zero-order chi connectivity index (χ0) is 14.0. The highest BCUT2D eigenvalue weighted by atomic mass is 35.5. The lowest BCUT2D eigenvalue weighted by atomic mass is 10.2. The van der Waals surface area contributed by atoms with Gasteiger partial charge in [0.2, 0.25) is 0 Å². The Morgan fingerprint density at radius 2 is 2.21 bits per heavy atom. The lowest BCUT2D eigenvalue weighted by Gasteiger charge is -2.20. The standard InChI is InChI=1S/C12H11ClN2O3S/c1-3-18-12(17)9-10(6(2)16)19-11-7(14-9)4-5-8(13)15-11/h4-5,10H,3H2,1-2H3. The minimum absolute atomic E-state index is 0.107. The molecule has 5 nitrogen and oxygen atoms in total. The highest BCUT2D eigenvalue weighted by molar-refractivity contribution is 8.01. The number of ether oxygens (including phenoxy) is 1. The Hall–Kier alpha value is -1.40. The highest BCUT2D eigenvalue weighted by Crippen LogP contribution is 2.37. The van der Waals surface area contributed by atoms with Crippen LogP contribution in [0.5, 0.6) is 0 Å². The number of thioether (sulfide) groups is 1. The van der Waals surface area contributed by atoms with Gasteiger partial charge in [-0.15, -0.1) is 0 Å². The van der Waals surface area contributed by atoms with Gasteiger partial charge in [0.15, 0.2) is 0 Å². The Morgan fingerprint density at radius 1 is 1.47 bits per heavy atom. The van der Waals surface area contributed by atoms with Gasteiger partial charge in [0.05, 0.1) is 12.3 Å². The summed E-state index contributed by atoms with van der Waals surface area (Å²) < 4.78 is 4.92. The Kier molecular flexibility index (Phi) is 4.21. The first kappa shape index (κ1) is 14.0. The largest absolute Gasteiger partial charge is 0.461 e. The van der Waals surface area contributed by atoms with Crippen LogP contribution in [-0.4, -0.2) is 34.3 Å². The van der Waals surface area contributed by atoms with Gasteiger partial charge in [-0.1, -0.05) is 23.4 Å². The molecule has 1 atom stereocenters. The Morgan fingerprint density at radius 3 is 2.84 bits per heavy atom. The van der Waals surface area contributed by atoms with Crippen LogP contribution in [0, 0.1) is 0 Å². The molecule has 0 bridgehead atoms. The summed E-state index contributed by atoms with van der Waals surface area (Å²) >= 11 is 6.97. The number of rotatable bonds is 3. The molecule has 19 heavy (non-hydrogen) atoms. The minimum Gasteiger partial charge on any atom is -0.461 e. The van der Waals surface area contributed by atoms with Crippen LogP contribution >= 0.6 is 23.4 Å². The second-order valence-electron chi connectivity index (χ2n) is 3.78. The smallest absolute Gasteiger partial charge is 0.354 e. The molecule has 100 valence electrons. The lowest BCUT2D eigenvalue weighted by Crippen LogP contribution is -2.34. The van der Waals surface area contributed by atoms with E-state index in [1.807, 2.05) is 0 Å². The van der Waals surface area contributed by atoms with Crippen molar-refractivity contribution in [2.45, 2.75) is 24.1 Å². The van der Waals surface area contributed by atoms with Gasteiger partial charge in [-0.2, -0.15) is 0 Å². The zero-order valence-corrected chi connectivity index (χ0v) is 11.9. The molecule has 7 heteroatoms. The van der Waals surface area contributed by atoms with Crippen LogP contribution in [-0.2, 0) is 14.3 Å². The van der Waals surface area contributed by atoms with E-state index < -0.39 is 11.2 Å². The number of carbonyl (C=O) groups excluding carboxylic acids is 2. The maximum atomic E-state index is 11.8. The summed E-state index contributed by atoms with van der Waals surface area (Å²) in [5.41, 5.74) is 0.630. The molecule has 0 aliphatic carbocycles. The molecule has 0 fully saturated rings. The van der Waals surface area contributed by atoms with E-state index in [2.05, 4.69) is 9.98 Å². The summed E-state index contributed by atoms with van der Waals surface area (Å²) in [6.07, 6.45) is 0. The number of Topliss-reactive ketones (excluding diaryl/α,β-unsaturated/α-hetero) is 1. The number of fused-ring (bicyclic) bond motifs is 1. The number of ketones is 1. The summed E-state index contributed by atoms with van der Waals surface area (Å²) in [7, 11) is 0. The van der Waals surface area contributed by atoms with Crippen molar-refractivity contribution in [2.75, 3.05) is 6.61 Å². The number of nitrogens with zero attached hydrogens (tertiary/aromatic N) is 2. The van der Waals surface area contributed by atoms with Gasteiger partial charge in [0, 0.05) is 0 Å². The van der Waals surface area contributed by atoms with E-state index >= 15 is 0 Å². The lowest BCUT2D eigenvalue weighted by molar-refractivity contribution is -0.135. The Bertz CT molecular complexity index is 574. The Labute approximate surface area is 119 Å². The maximum Gasteiger partial charge on any atom is 0.354 e. The molecule has 0 radical (unpaired) electrons. The molecular weight excluding hydrogens is 288 g/mol. The molecule has 1 aromatic heterocycles. The van der Waals surface area contributed by atoms with Crippen molar-refractivity contribution in [1.82, 2.24) is 4.98 Å².